The molecule has 3 saturated heterocycles. The van der Waals surface area contributed by atoms with Crippen LogP contribution in [-0.4, -0.2) is 95.9 Å². The molecule has 0 unspecified atom stereocenters. The maximum absolute atomic E-state index is 12.7. The molecular formula is C22H27F6N3O7. The number of carbonyl (C=O) groups is 3. The van der Waals surface area contributed by atoms with Crippen LogP contribution in [0, 0.1) is 17.8 Å². The molecule has 0 spiro atoms. The highest BCUT2D eigenvalue weighted by molar-refractivity contribution is 5.92. The fraction of sp³-hybridized carbons (Fsp3) is 0.636. The number of halogens is 6. The van der Waals surface area contributed by atoms with Crippen LogP contribution < -0.4 is 5.32 Å². The second-order valence-corrected chi connectivity index (χ2v) is 8.70. The molecule has 3 aliphatic heterocycles. The van der Waals surface area contributed by atoms with Gasteiger partial charge in [0.25, 0.3) is 0 Å². The van der Waals surface area contributed by atoms with Gasteiger partial charge in [0.15, 0.2) is 0 Å². The monoisotopic (exact) mass is 559 g/mol. The first kappa shape index (κ1) is 31.2. The third kappa shape index (κ3) is 9.72. The summed E-state index contributed by atoms with van der Waals surface area (Å²) in [4.78, 5) is 37.2. The van der Waals surface area contributed by atoms with Crippen LogP contribution in [0.15, 0.2) is 24.5 Å². The molecule has 214 valence electrons. The number of pyridine rings is 1. The zero-order chi connectivity index (χ0) is 28.5. The van der Waals surface area contributed by atoms with E-state index in [1.807, 2.05) is 12.1 Å². The highest BCUT2D eigenvalue weighted by Crippen LogP contribution is 2.36. The predicted molar refractivity (Wildman–Crippen MR) is 117 cm³/mol. The minimum absolute atomic E-state index is 0.0616. The Bertz CT molecular complexity index is 902. The highest BCUT2D eigenvalue weighted by Gasteiger charge is 2.45. The Kier molecular flexibility index (Phi) is 11.3. The van der Waals surface area contributed by atoms with E-state index in [9.17, 15) is 31.1 Å². The van der Waals surface area contributed by atoms with Crippen LogP contribution in [0.2, 0.25) is 0 Å². The number of carbonyl (C=O) groups excluding carboxylic acids is 1. The zero-order valence-corrected chi connectivity index (χ0v) is 19.9. The number of anilines is 1. The molecule has 0 radical (unpaired) electrons. The number of nitrogens with one attached hydrogen (secondary N) is 1. The normalized spacial score (nSPS) is 24.1. The van der Waals surface area contributed by atoms with Gasteiger partial charge in [0, 0.05) is 38.5 Å². The van der Waals surface area contributed by atoms with Crippen molar-refractivity contribution in [2.24, 2.45) is 17.8 Å². The molecule has 3 atom stereocenters. The van der Waals surface area contributed by atoms with Gasteiger partial charge in [-0.05, 0) is 36.8 Å². The summed E-state index contributed by atoms with van der Waals surface area (Å²) in [6.45, 7) is 5.07. The highest BCUT2D eigenvalue weighted by atomic mass is 19.4. The minimum Gasteiger partial charge on any atom is -0.475 e. The predicted octanol–water partition coefficient (Wildman–Crippen LogP) is 2.66. The van der Waals surface area contributed by atoms with Crippen LogP contribution in [-0.2, 0) is 23.9 Å². The first-order chi connectivity index (χ1) is 17.7. The lowest BCUT2D eigenvalue weighted by atomic mass is 9.82. The van der Waals surface area contributed by atoms with E-state index in [1.54, 1.807) is 12.4 Å². The second-order valence-electron chi connectivity index (χ2n) is 8.70. The largest absolute Gasteiger partial charge is 0.490 e. The fourth-order valence-corrected chi connectivity index (χ4v) is 4.32. The van der Waals surface area contributed by atoms with Crippen LogP contribution in [0.3, 0.4) is 0 Å². The van der Waals surface area contributed by atoms with Crippen molar-refractivity contribution in [1.82, 2.24) is 9.88 Å². The molecule has 16 heteroatoms. The number of carboxylic acids is 2. The number of nitrogens with zero attached hydrogens (tertiary/aromatic N) is 2. The number of amides is 1. The topological polar surface area (TPSA) is 138 Å². The van der Waals surface area contributed by atoms with Gasteiger partial charge in [-0.1, -0.05) is 0 Å². The Hall–Kier alpha value is -2.98. The summed E-state index contributed by atoms with van der Waals surface area (Å²) in [6, 6.07) is 4.30. The first-order valence-corrected chi connectivity index (χ1v) is 11.4. The van der Waals surface area contributed by atoms with Crippen molar-refractivity contribution in [1.29, 1.82) is 0 Å². The summed E-state index contributed by atoms with van der Waals surface area (Å²) in [7, 11) is 0. The molecule has 3 fully saturated rings. The van der Waals surface area contributed by atoms with Crippen molar-refractivity contribution < 1.29 is 60.4 Å². The van der Waals surface area contributed by atoms with Crippen LogP contribution in [0.1, 0.15) is 12.8 Å². The number of aromatic nitrogens is 1. The number of ether oxygens (including phenoxy) is 2. The molecule has 0 aromatic carbocycles. The number of likely N-dealkylation sites (tertiary alicyclic amines) is 1. The molecule has 0 saturated carbocycles. The van der Waals surface area contributed by atoms with E-state index in [1.165, 1.54) is 0 Å². The number of fused-ring (bicyclic) bond motifs is 1. The molecule has 1 aromatic heterocycles. The van der Waals surface area contributed by atoms with Crippen molar-refractivity contribution in [2.45, 2.75) is 31.2 Å². The Balaban J connectivity index is 0.000000301. The molecule has 1 aromatic rings. The SMILES string of the molecule is O=C(Nc1cccnc1)[C@H]1COC[C@H]2CN(C3CCOCC3)C[C@H]21.O=C(O)C(F)(F)F.O=C(O)C(F)(F)F. The number of carboxylic acid groups (broad SMARTS) is 2. The van der Waals surface area contributed by atoms with Gasteiger partial charge in [-0.2, -0.15) is 26.3 Å². The maximum atomic E-state index is 12.7. The van der Waals surface area contributed by atoms with Crippen molar-refractivity contribution in [2.75, 3.05) is 44.8 Å². The summed E-state index contributed by atoms with van der Waals surface area (Å²) in [5.74, 6) is -4.68. The molecule has 0 bridgehead atoms. The van der Waals surface area contributed by atoms with E-state index < -0.39 is 24.3 Å². The minimum atomic E-state index is -5.08. The van der Waals surface area contributed by atoms with Crippen molar-refractivity contribution in [3.8, 4) is 0 Å². The third-order valence-corrected chi connectivity index (χ3v) is 6.12. The number of rotatable bonds is 3. The average molecular weight is 559 g/mol. The number of hydrogen-bond donors (Lipinski definition) is 3. The van der Waals surface area contributed by atoms with Crippen LogP contribution >= 0.6 is 0 Å². The van der Waals surface area contributed by atoms with Gasteiger partial charge in [0.2, 0.25) is 5.91 Å². The number of hydrogen-bond acceptors (Lipinski definition) is 7. The lowest BCUT2D eigenvalue weighted by Crippen LogP contribution is -2.42. The summed E-state index contributed by atoms with van der Waals surface area (Å²) < 4.78 is 74.7. The van der Waals surface area contributed by atoms with Crippen LogP contribution in [0.4, 0.5) is 32.0 Å². The van der Waals surface area contributed by atoms with Gasteiger partial charge in [-0.15, -0.1) is 0 Å². The van der Waals surface area contributed by atoms with Gasteiger partial charge >= 0.3 is 24.3 Å². The van der Waals surface area contributed by atoms with E-state index in [0.29, 0.717) is 24.5 Å². The van der Waals surface area contributed by atoms with Crippen molar-refractivity contribution in [3.63, 3.8) is 0 Å². The Labute approximate surface area is 212 Å². The quantitative estimate of drug-likeness (QED) is 0.477. The molecule has 3 N–H and O–H groups in total. The van der Waals surface area contributed by atoms with Crippen LogP contribution in [0.25, 0.3) is 0 Å². The number of alkyl halides is 6. The van der Waals surface area contributed by atoms with Gasteiger partial charge in [-0.3, -0.25) is 14.7 Å². The van der Waals surface area contributed by atoms with E-state index >= 15 is 0 Å². The molecule has 0 aliphatic carbocycles. The van der Waals surface area contributed by atoms with Crippen molar-refractivity contribution >= 4 is 23.5 Å². The molecule has 38 heavy (non-hydrogen) atoms. The summed E-state index contributed by atoms with van der Waals surface area (Å²) in [5.41, 5.74) is 0.754. The Morgan fingerprint density at radius 2 is 1.53 bits per heavy atom. The first-order valence-electron chi connectivity index (χ1n) is 11.4. The molecule has 4 rings (SSSR count). The fourth-order valence-electron chi connectivity index (χ4n) is 4.32. The molecule has 10 nitrogen and oxygen atoms in total. The standard InChI is InChI=1S/C18H25N3O3.2C2HF3O2/c22-18(20-14-2-1-5-19-8-14)17-12-24-11-13-9-21(10-16(13)17)15-3-6-23-7-4-15;2*3-2(4,5)1(6)7/h1-2,5,8,13,15-17H,3-4,6-7,9-12H2,(H,20,22);2*(H,6,7)/t13-,16-,17+;;/m1../s1. The lowest BCUT2D eigenvalue weighted by molar-refractivity contribution is -0.193. The van der Waals surface area contributed by atoms with Gasteiger partial charge in [0.05, 0.1) is 31.0 Å². The third-order valence-electron chi connectivity index (χ3n) is 6.12. The van der Waals surface area contributed by atoms with E-state index in [2.05, 4.69) is 15.2 Å². The smallest absolute Gasteiger partial charge is 0.475 e. The molecular weight excluding hydrogens is 532 g/mol. The van der Waals surface area contributed by atoms with Crippen LogP contribution in [0.5, 0.6) is 0 Å². The molecule has 1 amide bonds. The summed E-state index contributed by atoms with van der Waals surface area (Å²) >= 11 is 0. The molecule has 3 aliphatic rings. The summed E-state index contributed by atoms with van der Waals surface area (Å²) in [5, 5.41) is 17.2. The van der Waals surface area contributed by atoms with E-state index in [-0.39, 0.29) is 11.8 Å². The second kappa shape index (κ2) is 13.7. The Morgan fingerprint density at radius 3 is 2.03 bits per heavy atom. The van der Waals surface area contributed by atoms with Gasteiger partial charge in [-0.25, -0.2) is 9.59 Å². The lowest BCUT2D eigenvalue weighted by Gasteiger charge is -2.32. The van der Waals surface area contributed by atoms with Gasteiger partial charge < -0.3 is 25.0 Å². The number of aliphatic carboxylic acids is 2. The van der Waals surface area contributed by atoms with E-state index in [0.717, 1.165) is 51.4 Å². The van der Waals surface area contributed by atoms with Crippen molar-refractivity contribution in [3.05, 3.63) is 24.5 Å². The zero-order valence-electron chi connectivity index (χ0n) is 19.9. The van der Waals surface area contributed by atoms with E-state index in [4.69, 9.17) is 29.3 Å². The summed E-state index contributed by atoms with van der Waals surface area (Å²) in [6.07, 6.45) is -4.57. The average Bonchev–Trinajstić information content (AvgIpc) is 3.29. The molecule has 4 heterocycles. The Morgan fingerprint density at radius 1 is 0.947 bits per heavy atom. The van der Waals surface area contributed by atoms with Gasteiger partial charge in [0.1, 0.15) is 0 Å². The maximum Gasteiger partial charge on any atom is 0.490 e.